The van der Waals surface area contributed by atoms with Crippen molar-refractivity contribution >= 4 is 34.8 Å². The van der Waals surface area contributed by atoms with Gasteiger partial charge in [0.2, 0.25) is 6.79 Å². The fourth-order valence-electron chi connectivity index (χ4n) is 4.19. The summed E-state index contributed by atoms with van der Waals surface area (Å²) in [6.07, 6.45) is 0. The second kappa shape index (κ2) is 10.6. The predicted molar refractivity (Wildman–Crippen MR) is 151 cm³/mol. The molecule has 0 bridgehead atoms. The van der Waals surface area contributed by atoms with Gasteiger partial charge in [-0.15, -0.1) is 0 Å². The molecule has 0 spiro atoms. The second-order valence-electron chi connectivity index (χ2n) is 9.61. The van der Waals surface area contributed by atoms with E-state index in [1.54, 1.807) is 0 Å². The van der Waals surface area contributed by atoms with Crippen molar-refractivity contribution in [2.75, 3.05) is 6.79 Å². The lowest BCUT2D eigenvalue weighted by Gasteiger charge is -2.29. The Morgan fingerprint density at radius 2 is 1.28 bits per heavy atom. The molecule has 0 aromatic heterocycles. The van der Waals surface area contributed by atoms with E-state index in [1.165, 1.54) is 10.6 Å². The largest absolute Gasteiger partial charge is 0.454 e. The summed E-state index contributed by atoms with van der Waals surface area (Å²) in [5.74, 6) is 1.46. The van der Waals surface area contributed by atoms with E-state index in [-0.39, 0.29) is 12.8 Å². The third kappa shape index (κ3) is 5.24. The van der Waals surface area contributed by atoms with Gasteiger partial charge in [0.05, 0.1) is 21.8 Å². The first-order valence-corrected chi connectivity index (χ1v) is 14.5. The molecule has 6 heteroatoms. The number of hydrogen-bond acceptors (Lipinski definition) is 3. The molecule has 36 heavy (non-hydrogen) atoms. The lowest BCUT2D eigenvalue weighted by Crippen LogP contribution is -2.38. The highest BCUT2D eigenvalue weighted by atomic mass is 32.2. The molecular weight excluding hydrogens is 485 g/mol. The standard InChI is InChI=1S/C30H30NO3PS/c1-30(2,3)36(32)31-29(22-13-7-4-8-14-22)25-19-26-27(34-21-33-26)20-28(25)35(23-15-9-5-10-16-23)24-17-11-6-12-18-24/h4-20,29,31H,21H2,1-3H3/t29-,36?/m0/s1. The van der Waals surface area contributed by atoms with Crippen LogP contribution in [0.3, 0.4) is 0 Å². The summed E-state index contributed by atoms with van der Waals surface area (Å²) in [5.41, 5.74) is 2.09. The van der Waals surface area contributed by atoms with Crippen LogP contribution in [0.4, 0.5) is 0 Å². The maximum atomic E-state index is 13.4. The van der Waals surface area contributed by atoms with Gasteiger partial charge < -0.3 is 9.47 Å². The molecule has 1 aliphatic heterocycles. The van der Waals surface area contributed by atoms with E-state index < -0.39 is 23.7 Å². The molecule has 1 aliphatic rings. The van der Waals surface area contributed by atoms with Crippen molar-refractivity contribution in [3.05, 3.63) is 114 Å². The molecule has 2 atom stereocenters. The summed E-state index contributed by atoms with van der Waals surface area (Å²) in [7, 11) is -2.22. The molecule has 4 aromatic rings. The SMILES string of the molecule is CC(C)(C)S(=O)N[C@@H](c1ccccc1)c1cc2c(cc1P(c1ccccc1)c1ccccc1)OCO2. The Bertz CT molecular complexity index is 1300. The van der Waals surface area contributed by atoms with Gasteiger partial charge in [-0.1, -0.05) is 91.0 Å². The summed E-state index contributed by atoms with van der Waals surface area (Å²) in [6, 6.07) is 35.3. The molecule has 0 amide bonds. The van der Waals surface area contributed by atoms with Crippen LogP contribution >= 0.6 is 7.92 Å². The van der Waals surface area contributed by atoms with Crippen molar-refractivity contribution in [2.24, 2.45) is 0 Å². The summed E-state index contributed by atoms with van der Waals surface area (Å²) in [5, 5.41) is 3.63. The molecule has 5 rings (SSSR count). The molecule has 4 nitrogen and oxygen atoms in total. The Morgan fingerprint density at radius 3 is 1.81 bits per heavy atom. The molecule has 0 saturated carbocycles. The van der Waals surface area contributed by atoms with Crippen LogP contribution in [-0.2, 0) is 11.0 Å². The number of nitrogens with one attached hydrogen (secondary N) is 1. The van der Waals surface area contributed by atoms with E-state index in [9.17, 15) is 4.21 Å². The molecular formula is C30H30NO3PS. The summed E-state index contributed by atoms with van der Waals surface area (Å²) in [6.45, 7) is 6.16. The Labute approximate surface area is 217 Å². The summed E-state index contributed by atoms with van der Waals surface area (Å²) < 4.78 is 28.1. The van der Waals surface area contributed by atoms with Gasteiger partial charge in [-0.25, -0.2) is 8.93 Å². The molecule has 1 unspecified atom stereocenters. The van der Waals surface area contributed by atoms with Crippen LogP contribution in [0.2, 0.25) is 0 Å². The summed E-state index contributed by atoms with van der Waals surface area (Å²) in [4.78, 5) is 0. The molecule has 0 radical (unpaired) electrons. The van der Waals surface area contributed by atoms with E-state index >= 15 is 0 Å². The van der Waals surface area contributed by atoms with Gasteiger partial charge >= 0.3 is 0 Å². The Balaban J connectivity index is 1.75. The number of ether oxygens (including phenoxy) is 2. The number of fused-ring (bicyclic) bond motifs is 1. The molecule has 0 saturated heterocycles. The molecule has 4 aromatic carbocycles. The Hall–Kier alpha value is -2.98. The average Bonchev–Trinajstić information content (AvgIpc) is 3.36. The van der Waals surface area contributed by atoms with E-state index in [4.69, 9.17) is 9.47 Å². The van der Waals surface area contributed by atoms with Gasteiger partial charge in [-0.05, 0) is 67.9 Å². The molecule has 184 valence electrons. The van der Waals surface area contributed by atoms with Crippen LogP contribution in [0.15, 0.2) is 103 Å². The number of benzene rings is 4. The fourth-order valence-corrected chi connectivity index (χ4v) is 7.52. The molecule has 1 N–H and O–H groups in total. The minimum atomic E-state index is -1.29. The van der Waals surface area contributed by atoms with Crippen LogP contribution in [0, 0.1) is 0 Å². The lowest BCUT2D eigenvalue weighted by atomic mass is 9.99. The van der Waals surface area contributed by atoms with Crippen molar-refractivity contribution in [3.8, 4) is 11.5 Å². The zero-order valence-electron chi connectivity index (χ0n) is 20.7. The predicted octanol–water partition coefficient (Wildman–Crippen LogP) is 5.31. The van der Waals surface area contributed by atoms with Crippen LogP contribution in [0.5, 0.6) is 11.5 Å². The fraction of sp³-hybridized carbons (Fsp3) is 0.200. The minimum absolute atomic E-state index is 0.199. The van der Waals surface area contributed by atoms with Crippen LogP contribution in [0.25, 0.3) is 0 Å². The van der Waals surface area contributed by atoms with Gasteiger partial charge in [0.15, 0.2) is 11.5 Å². The third-order valence-corrected chi connectivity index (χ3v) is 10.1. The summed E-state index contributed by atoms with van der Waals surface area (Å²) >= 11 is 0. The first-order chi connectivity index (χ1) is 17.4. The van der Waals surface area contributed by atoms with Gasteiger partial charge in [-0.2, -0.15) is 0 Å². The van der Waals surface area contributed by atoms with Crippen molar-refractivity contribution < 1.29 is 13.7 Å². The smallest absolute Gasteiger partial charge is 0.231 e. The average molecular weight is 516 g/mol. The highest BCUT2D eigenvalue weighted by Crippen LogP contribution is 2.43. The van der Waals surface area contributed by atoms with Crippen LogP contribution in [0.1, 0.15) is 37.9 Å². The maximum absolute atomic E-state index is 13.4. The molecule has 1 heterocycles. The zero-order chi connectivity index (χ0) is 25.1. The normalized spacial score (nSPS) is 14.6. The third-order valence-electron chi connectivity index (χ3n) is 6.02. The Kier molecular flexibility index (Phi) is 7.25. The van der Waals surface area contributed by atoms with Crippen LogP contribution < -0.4 is 30.1 Å². The Morgan fingerprint density at radius 1 is 0.778 bits per heavy atom. The monoisotopic (exact) mass is 515 g/mol. The molecule has 0 fully saturated rings. The maximum Gasteiger partial charge on any atom is 0.231 e. The van der Waals surface area contributed by atoms with E-state index in [2.05, 4.69) is 77.5 Å². The van der Waals surface area contributed by atoms with Gasteiger partial charge in [0.25, 0.3) is 0 Å². The molecule has 0 aliphatic carbocycles. The highest BCUT2D eigenvalue weighted by Gasteiger charge is 2.31. The van der Waals surface area contributed by atoms with Crippen molar-refractivity contribution in [1.29, 1.82) is 0 Å². The van der Waals surface area contributed by atoms with Gasteiger partial charge in [0.1, 0.15) is 0 Å². The van der Waals surface area contributed by atoms with E-state index in [0.717, 1.165) is 22.2 Å². The van der Waals surface area contributed by atoms with E-state index in [1.807, 2.05) is 51.1 Å². The zero-order valence-corrected chi connectivity index (χ0v) is 22.4. The lowest BCUT2D eigenvalue weighted by molar-refractivity contribution is 0.174. The van der Waals surface area contributed by atoms with Crippen LogP contribution in [-0.4, -0.2) is 15.7 Å². The van der Waals surface area contributed by atoms with Crippen molar-refractivity contribution in [1.82, 2.24) is 4.72 Å². The topological polar surface area (TPSA) is 47.6 Å². The van der Waals surface area contributed by atoms with Crippen molar-refractivity contribution in [3.63, 3.8) is 0 Å². The number of hydrogen-bond donors (Lipinski definition) is 1. The van der Waals surface area contributed by atoms with Crippen molar-refractivity contribution in [2.45, 2.75) is 31.6 Å². The number of rotatable bonds is 7. The quantitative estimate of drug-likeness (QED) is 0.339. The van der Waals surface area contributed by atoms with E-state index in [0.29, 0.717) is 5.75 Å². The first-order valence-electron chi connectivity index (χ1n) is 12.0. The van der Waals surface area contributed by atoms with Gasteiger partial charge in [0, 0.05) is 0 Å². The second-order valence-corrected chi connectivity index (χ2v) is 13.8. The first kappa shape index (κ1) is 24.7. The minimum Gasteiger partial charge on any atom is -0.454 e. The highest BCUT2D eigenvalue weighted by molar-refractivity contribution is 7.84. The van der Waals surface area contributed by atoms with Gasteiger partial charge in [-0.3, -0.25) is 0 Å².